The van der Waals surface area contributed by atoms with Gasteiger partial charge in [-0.3, -0.25) is 0 Å². The van der Waals surface area contributed by atoms with Gasteiger partial charge < -0.3 is 15.1 Å². The molecule has 3 nitrogen and oxygen atoms in total. The van der Waals surface area contributed by atoms with Crippen LogP contribution in [0.5, 0.6) is 0 Å². The zero-order valence-electron chi connectivity index (χ0n) is 21.9. The van der Waals surface area contributed by atoms with E-state index in [-0.39, 0.29) is 0 Å². The molecule has 2 fully saturated rings. The highest BCUT2D eigenvalue weighted by Gasteiger charge is 2.28. The van der Waals surface area contributed by atoms with E-state index in [1.807, 2.05) is 25.3 Å². The minimum absolute atomic E-state index is 0.518. The number of rotatable bonds is 11. The van der Waals surface area contributed by atoms with Gasteiger partial charge in [0.05, 0.1) is 0 Å². The van der Waals surface area contributed by atoms with Crippen LogP contribution in [0.4, 0.5) is 0 Å². The van der Waals surface area contributed by atoms with E-state index in [4.69, 9.17) is 0 Å². The Morgan fingerprint density at radius 2 is 1.59 bits per heavy atom. The summed E-state index contributed by atoms with van der Waals surface area (Å²) in [5, 5.41) is 5.63. The van der Waals surface area contributed by atoms with Crippen LogP contribution in [-0.4, -0.2) is 49.1 Å². The predicted octanol–water partition coefficient (Wildman–Crippen LogP) is 7.20. The van der Waals surface area contributed by atoms with Crippen molar-refractivity contribution in [1.29, 1.82) is 0 Å². The molecule has 2 heterocycles. The summed E-state index contributed by atoms with van der Waals surface area (Å²) in [4.78, 5) is 6.17. The van der Waals surface area contributed by atoms with Gasteiger partial charge in [0, 0.05) is 28.3 Å². The molecule has 2 aliphatic heterocycles. The average molecular weight is 480 g/mol. The SMILES string of the molecule is C=CC(=C)C(=C\C(=C/C)C(=C)S/C=C/C)/C=C(\C)NC(=C)C1CCN(C2CCN(C)CC2)CC1. The molecule has 0 spiro atoms. The number of piperidine rings is 2. The minimum Gasteiger partial charge on any atom is -0.363 e. The molecule has 0 aromatic rings. The second kappa shape index (κ2) is 14.4. The number of hydrogen-bond donors (Lipinski definition) is 1. The van der Waals surface area contributed by atoms with Crippen LogP contribution in [0.3, 0.4) is 0 Å². The van der Waals surface area contributed by atoms with E-state index in [0.29, 0.717) is 5.92 Å². The van der Waals surface area contributed by atoms with E-state index in [1.165, 1.54) is 51.9 Å². The maximum atomic E-state index is 4.40. The summed E-state index contributed by atoms with van der Waals surface area (Å²) in [5.74, 6) is 0.518. The third-order valence-electron chi connectivity index (χ3n) is 6.86. The van der Waals surface area contributed by atoms with Crippen LogP contribution < -0.4 is 5.32 Å². The second-order valence-electron chi connectivity index (χ2n) is 9.41. The first-order chi connectivity index (χ1) is 16.3. The van der Waals surface area contributed by atoms with Gasteiger partial charge in [-0.25, -0.2) is 0 Å². The van der Waals surface area contributed by atoms with Crippen molar-refractivity contribution in [3.63, 3.8) is 0 Å². The van der Waals surface area contributed by atoms with E-state index < -0.39 is 0 Å². The maximum Gasteiger partial charge on any atom is 0.0123 e. The van der Waals surface area contributed by atoms with E-state index in [2.05, 4.69) is 73.6 Å². The van der Waals surface area contributed by atoms with Crippen LogP contribution in [0.2, 0.25) is 0 Å². The van der Waals surface area contributed by atoms with Gasteiger partial charge in [-0.1, -0.05) is 56.3 Å². The Labute approximate surface area is 213 Å². The Hall–Kier alpha value is -2.01. The third-order valence-corrected chi connectivity index (χ3v) is 7.79. The summed E-state index contributed by atoms with van der Waals surface area (Å²) < 4.78 is 0. The molecule has 0 atom stereocenters. The zero-order valence-corrected chi connectivity index (χ0v) is 22.7. The standard InChI is InChI=1S/C30H45N3S/c1-9-20-34-26(7)27(11-3)22-29(23(4)10-2)21-24(5)31-25(6)28-12-18-33(19-13-28)30-14-16-32(8)17-15-30/h9-11,20-22,28,30-31H,2,4,6-7,12-19H2,1,3,5,8H3/b20-9+,24-21+,27-11+,29-22-. The van der Waals surface area contributed by atoms with E-state index in [0.717, 1.165) is 39.1 Å². The highest BCUT2D eigenvalue weighted by atomic mass is 32.2. The molecule has 0 aromatic heterocycles. The summed E-state index contributed by atoms with van der Waals surface area (Å²) in [6.07, 6.45) is 15.2. The van der Waals surface area contributed by atoms with Gasteiger partial charge in [0.25, 0.3) is 0 Å². The first-order valence-electron chi connectivity index (χ1n) is 12.5. The maximum absolute atomic E-state index is 4.40. The molecule has 186 valence electrons. The quantitative estimate of drug-likeness (QED) is 0.316. The predicted molar refractivity (Wildman–Crippen MR) is 154 cm³/mol. The van der Waals surface area contributed by atoms with Crippen molar-refractivity contribution in [2.45, 2.75) is 52.5 Å². The first kappa shape index (κ1) is 28.2. The van der Waals surface area contributed by atoms with Gasteiger partial charge in [0.2, 0.25) is 0 Å². The first-order valence-corrected chi connectivity index (χ1v) is 13.4. The summed E-state index contributed by atoms with van der Waals surface area (Å²) in [7, 11) is 2.23. The third kappa shape index (κ3) is 8.65. The highest BCUT2D eigenvalue weighted by molar-refractivity contribution is 8.06. The molecular weight excluding hydrogens is 434 g/mol. The number of hydrogen-bond acceptors (Lipinski definition) is 4. The fraction of sp³-hybridized carbons (Fsp3) is 0.467. The van der Waals surface area contributed by atoms with Crippen LogP contribution in [0.1, 0.15) is 46.5 Å². The Balaban J connectivity index is 2.00. The molecule has 0 unspecified atom stereocenters. The molecule has 0 aromatic carbocycles. The molecule has 0 saturated carbocycles. The lowest BCUT2D eigenvalue weighted by molar-refractivity contribution is 0.0905. The van der Waals surface area contributed by atoms with Crippen molar-refractivity contribution in [2.75, 3.05) is 33.2 Å². The van der Waals surface area contributed by atoms with Crippen molar-refractivity contribution in [1.82, 2.24) is 15.1 Å². The fourth-order valence-corrected chi connectivity index (χ4v) is 5.27. The highest BCUT2D eigenvalue weighted by Crippen LogP contribution is 2.29. The largest absolute Gasteiger partial charge is 0.363 e. The van der Waals surface area contributed by atoms with Gasteiger partial charge in [-0.15, -0.1) is 0 Å². The summed E-state index contributed by atoms with van der Waals surface area (Å²) in [6.45, 7) is 27.7. The molecule has 2 saturated heterocycles. The average Bonchev–Trinajstić information content (AvgIpc) is 2.85. The van der Waals surface area contributed by atoms with Gasteiger partial charge in [0.15, 0.2) is 0 Å². The van der Waals surface area contributed by atoms with Crippen LogP contribution in [0, 0.1) is 5.92 Å². The monoisotopic (exact) mass is 479 g/mol. The fourth-order valence-electron chi connectivity index (χ4n) is 4.65. The Morgan fingerprint density at radius 3 is 2.15 bits per heavy atom. The normalized spacial score (nSPS) is 20.5. The number of likely N-dealkylation sites (tertiary alicyclic amines) is 2. The minimum atomic E-state index is 0.518. The molecule has 1 N–H and O–H groups in total. The Kier molecular flexibility index (Phi) is 12.0. The van der Waals surface area contributed by atoms with Crippen molar-refractivity contribution in [2.24, 2.45) is 5.92 Å². The molecule has 0 radical (unpaired) electrons. The lowest BCUT2D eigenvalue weighted by Crippen LogP contribution is -2.47. The number of nitrogens with zero attached hydrogens (tertiary/aromatic N) is 2. The molecule has 2 rings (SSSR count). The molecule has 0 aliphatic carbocycles. The molecule has 2 aliphatic rings. The number of allylic oxidation sites excluding steroid dienone is 10. The summed E-state index contributed by atoms with van der Waals surface area (Å²) >= 11 is 1.63. The van der Waals surface area contributed by atoms with Crippen LogP contribution >= 0.6 is 11.8 Å². The molecule has 0 bridgehead atoms. The van der Waals surface area contributed by atoms with Crippen LogP contribution in [0.25, 0.3) is 0 Å². The summed E-state index contributed by atoms with van der Waals surface area (Å²) in [5.41, 5.74) is 5.20. The Bertz CT molecular complexity index is 857. The number of nitrogens with one attached hydrogen (secondary N) is 1. The van der Waals surface area contributed by atoms with Crippen molar-refractivity contribution in [3.05, 3.63) is 95.1 Å². The topological polar surface area (TPSA) is 18.5 Å². The van der Waals surface area contributed by atoms with Gasteiger partial charge in [-0.2, -0.15) is 0 Å². The van der Waals surface area contributed by atoms with Crippen molar-refractivity contribution in [3.8, 4) is 0 Å². The lowest BCUT2D eigenvalue weighted by atomic mass is 9.91. The molecular formula is C30H45N3S. The summed E-state index contributed by atoms with van der Waals surface area (Å²) in [6, 6.07) is 0.763. The molecule has 34 heavy (non-hydrogen) atoms. The Morgan fingerprint density at radius 1 is 0.941 bits per heavy atom. The van der Waals surface area contributed by atoms with E-state index in [9.17, 15) is 0 Å². The van der Waals surface area contributed by atoms with Gasteiger partial charge in [-0.05, 0) is 114 Å². The molecule has 0 amide bonds. The lowest BCUT2D eigenvalue weighted by Gasteiger charge is -2.41. The van der Waals surface area contributed by atoms with Crippen LogP contribution in [-0.2, 0) is 0 Å². The zero-order chi connectivity index (χ0) is 25.1. The van der Waals surface area contributed by atoms with Crippen molar-refractivity contribution < 1.29 is 0 Å². The van der Waals surface area contributed by atoms with Crippen LogP contribution in [0.15, 0.2) is 95.1 Å². The van der Waals surface area contributed by atoms with Gasteiger partial charge >= 0.3 is 0 Å². The smallest absolute Gasteiger partial charge is 0.0123 e. The van der Waals surface area contributed by atoms with E-state index in [1.54, 1.807) is 17.8 Å². The van der Waals surface area contributed by atoms with Gasteiger partial charge in [0.1, 0.15) is 0 Å². The van der Waals surface area contributed by atoms with E-state index >= 15 is 0 Å². The number of thioether (sulfide) groups is 1. The second-order valence-corrected chi connectivity index (χ2v) is 10.4. The van der Waals surface area contributed by atoms with Crippen molar-refractivity contribution >= 4 is 11.8 Å². The molecule has 4 heteroatoms.